The minimum atomic E-state index is 0.631. The van der Waals surface area contributed by atoms with Crippen molar-refractivity contribution < 1.29 is 4.42 Å². The predicted molar refractivity (Wildman–Crippen MR) is 118 cm³/mol. The van der Waals surface area contributed by atoms with Crippen molar-refractivity contribution in [3.8, 4) is 22.3 Å². The fraction of sp³-hybridized carbons (Fsp3) is 0.0385. The van der Waals surface area contributed by atoms with Crippen LogP contribution in [0.2, 0.25) is 0 Å². The lowest BCUT2D eigenvalue weighted by atomic mass is 9.98. The lowest BCUT2D eigenvalue weighted by Gasteiger charge is -2.07. The van der Waals surface area contributed by atoms with Crippen molar-refractivity contribution in [3.63, 3.8) is 0 Å². The van der Waals surface area contributed by atoms with Crippen molar-refractivity contribution >= 4 is 28.0 Å². The molecule has 0 spiro atoms. The van der Waals surface area contributed by atoms with Gasteiger partial charge in [-0.25, -0.2) is 0 Å². The van der Waals surface area contributed by atoms with Gasteiger partial charge in [0, 0.05) is 0 Å². The molecule has 0 fully saturated rings. The Bertz CT molecular complexity index is 1520. The number of hydrogen-bond donors (Lipinski definition) is 0. The van der Waals surface area contributed by atoms with Crippen LogP contribution in [0, 0.1) is 6.92 Å². The maximum Gasteiger partial charge on any atom is 0.307 e. The molecule has 2 aromatic heterocycles. The fourth-order valence-corrected chi connectivity index (χ4v) is 4.06. The summed E-state index contributed by atoms with van der Waals surface area (Å²) in [6.07, 6.45) is 0. The summed E-state index contributed by atoms with van der Waals surface area (Å²) in [4.78, 5) is 4.61. The van der Waals surface area contributed by atoms with E-state index >= 15 is 0 Å². The maximum atomic E-state index is 5.99. The summed E-state index contributed by atoms with van der Waals surface area (Å²) in [5.74, 6) is 0.631. The molecule has 0 saturated carbocycles. The van der Waals surface area contributed by atoms with Gasteiger partial charge in [-0.15, -0.1) is 0 Å². The molecule has 6 aromatic rings. The van der Waals surface area contributed by atoms with Gasteiger partial charge in [-0.2, -0.15) is 4.98 Å². The van der Waals surface area contributed by atoms with Crippen LogP contribution in [0.3, 0.4) is 0 Å². The average Bonchev–Trinajstić information content (AvgIpc) is 3.29. The van der Waals surface area contributed by atoms with E-state index < -0.39 is 0 Å². The highest BCUT2D eigenvalue weighted by molar-refractivity contribution is 5.90. The van der Waals surface area contributed by atoms with Crippen LogP contribution in [0.1, 0.15) is 5.56 Å². The molecular formula is C26H18N2O. The molecule has 29 heavy (non-hydrogen) atoms. The molecule has 3 nitrogen and oxygen atoms in total. The molecule has 0 aliphatic rings. The third kappa shape index (κ3) is 2.55. The summed E-state index contributed by atoms with van der Waals surface area (Å²) >= 11 is 0. The van der Waals surface area contributed by atoms with E-state index in [-0.39, 0.29) is 0 Å². The zero-order valence-electron chi connectivity index (χ0n) is 16.0. The number of aromatic nitrogens is 2. The Morgan fingerprint density at radius 1 is 0.655 bits per heavy atom. The van der Waals surface area contributed by atoms with E-state index in [2.05, 4.69) is 83.0 Å². The third-order valence-corrected chi connectivity index (χ3v) is 5.48. The Hall–Kier alpha value is -3.85. The number of rotatable bonds is 2. The predicted octanol–water partition coefficient (Wildman–Crippen LogP) is 6.88. The Morgan fingerprint density at radius 2 is 1.38 bits per heavy atom. The molecule has 6 rings (SSSR count). The van der Waals surface area contributed by atoms with E-state index in [4.69, 9.17) is 4.42 Å². The molecule has 0 bridgehead atoms. The van der Waals surface area contributed by atoms with E-state index in [1.165, 1.54) is 22.3 Å². The minimum absolute atomic E-state index is 0.631. The Kier molecular flexibility index (Phi) is 3.38. The van der Waals surface area contributed by atoms with Gasteiger partial charge in [-0.1, -0.05) is 66.2 Å². The van der Waals surface area contributed by atoms with Crippen molar-refractivity contribution in [1.82, 2.24) is 9.38 Å². The van der Waals surface area contributed by atoms with Crippen LogP contribution in [0.4, 0.5) is 0 Å². The van der Waals surface area contributed by atoms with Crippen LogP contribution < -0.4 is 0 Å². The van der Waals surface area contributed by atoms with Crippen LogP contribution in [0.25, 0.3) is 50.2 Å². The standard InChI is InChI=1S/C26H18N2O/c1-17-6-4-7-18(14-17)19-8-5-9-20(15-19)21-12-13-25-24(16-21)28-23-11-3-2-10-22(23)27-26(28)29-25/h2-16H,1H3. The maximum absolute atomic E-state index is 5.99. The first-order valence-electron chi connectivity index (χ1n) is 9.73. The monoisotopic (exact) mass is 374 g/mol. The van der Waals surface area contributed by atoms with Gasteiger partial charge in [0.2, 0.25) is 0 Å². The quantitative estimate of drug-likeness (QED) is 0.331. The molecule has 0 N–H and O–H groups in total. The number of fused-ring (bicyclic) bond motifs is 5. The molecule has 138 valence electrons. The van der Waals surface area contributed by atoms with Crippen LogP contribution in [0.15, 0.2) is 95.4 Å². The van der Waals surface area contributed by atoms with E-state index in [0.29, 0.717) is 5.84 Å². The molecule has 0 atom stereocenters. The van der Waals surface area contributed by atoms with Gasteiger partial charge >= 0.3 is 5.84 Å². The van der Waals surface area contributed by atoms with Gasteiger partial charge in [0.15, 0.2) is 5.58 Å². The summed E-state index contributed by atoms with van der Waals surface area (Å²) in [5, 5.41) is 0. The summed E-state index contributed by atoms with van der Waals surface area (Å²) < 4.78 is 8.08. The molecule has 4 aromatic carbocycles. The first kappa shape index (κ1) is 16.1. The SMILES string of the molecule is Cc1cccc(-c2cccc(-c3ccc4oc5nc6ccccc6n5c4c3)c2)c1. The average molecular weight is 374 g/mol. The normalized spacial score (nSPS) is 11.6. The number of benzene rings is 4. The van der Waals surface area contributed by atoms with Crippen LogP contribution in [-0.4, -0.2) is 9.38 Å². The third-order valence-electron chi connectivity index (χ3n) is 5.48. The van der Waals surface area contributed by atoms with Crippen LogP contribution in [0.5, 0.6) is 0 Å². The summed E-state index contributed by atoms with van der Waals surface area (Å²) in [7, 11) is 0. The van der Waals surface area contributed by atoms with E-state index in [9.17, 15) is 0 Å². The first-order valence-corrected chi connectivity index (χ1v) is 9.73. The minimum Gasteiger partial charge on any atom is -0.423 e. The second-order valence-corrected chi connectivity index (χ2v) is 7.45. The second-order valence-electron chi connectivity index (χ2n) is 7.45. The Morgan fingerprint density at radius 3 is 2.21 bits per heavy atom. The van der Waals surface area contributed by atoms with E-state index in [1.807, 2.05) is 24.3 Å². The number of hydrogen-bond acceptors (Lipinski definition) is 2. The lowest BCUT2D eigenvalue weighted by molar-refractivity contribution is 0.643. The highest BCUT2D eigenvalue weighted by Gasteiger charge is 2.13. The molecular weight excluding hydrogens is 356 g/mol. The number of imidazole rings is 1. The number of oxazole rings is 1. The number of nitrogens with zero attached hydrogens (tertiary/aromatic N) is 2. The highest BCUT2D eigenvalue weighted by Crippen LogP contribution is 2.31. The zero-order chi connectivity index (χ0) is 19.4. The van der Waals surface area contributed by atoms with Crippen molar-refractivity contribution in [2.75, 3.05) is 0 Å². The van der Waals surface area contributed by atoms with E-state index in [0.717, 1.165) is 27.7 Å². The smallest absolute Gasteiger partial charge is 0.307 e. The second kappa shape index (κ2) is 6.08. The number of para-hydroxylation sites is 2. The van der Waals surface area contributed by atoms with Gasteiger partial charge in [0.1, 0.15) is 0 Å². The Balaban J connectivity index is 1.54. The largest absolute Gasteiger partial charge is 0.423 e. The van der Waals surface area contributed by atoms with Crippen molar-refractivity contribution in [3.05, 3.63) is 96.6 Å². The topological polar surface area (TPSA) is 30.4 Å². The highest BCUT2D eigenvalue weighted by atomic mass is 16.4. The summed E-state index contributed by atoms with van der Waals surface area (Å²) in [6, 6.07) is 31.8. The van der Waals surface area contributed by atoms with Crippen molar-refractivity contribution in [2.24, 2.45) is 0 Å². The van der Waals surface area contributed by atoms with Gasteiger partial charge in [-0.05, 0) is 59.5 Å². The molecule has 0 aliphatic heterocycles. The first-order chi connectivity index (χ1) is 14.3. The van der Waals surface area contributed by atoms with Crippen LogP contribution in [-0.2, 0) is 0 Å². The lowest BCUT2D eigenvalue weighted by Crippen LogP contribution is -1.84. The van der Waals surface area contributed by atoms with Gasteiger partial charge in [0.05, 0.1) is 16.6 Å². The van der Waals surface area contributed by atoms with Crippen molar-refractivity contribution in [2.45, 2.75) is 6.92 Å². The molecule has 0 unspecified atom stereocenters. The van der Waals surface area contributed by atoms with E-state index in [1.54, 1.807) is 0 Å². The fourth-order valence-electron chi connectivity index (χ4n) is 4.06. The molecule has 3 heteroatoms. The summed E-state index contributed by atoms with van der Waals surface area (Å²) in [6.45, 7) is 2.13. The van der Waals surface area contributed by atoms with Crippen molar-refractivity contribution in [1.29, 1.82) is 0 Å². The van der Waals surface area contributed by atoms with Gasteiger partial charge < -0.3 is 4.42 Å². The van der Waals surface area contributed by atoms with Gasteiger partial charge in [0.25, 0.3) is 0 Å². The molecule has 0 saturated heterocycles. The molecule has 2 heterocycles. The molecule has 0 radical (unpaired) electrons. The molecule has 0 amide bonds. The van der Waals surface area contributed by atoms with Gasteiger partial charge in [-0.3, -0.25) is 4.40 Å². The summed E-state index contributed by atoms with van der Waals surface area (Å²) in [5.41, 5.74) is 9.95. The molecule has 0 aliphatic carbocycles. The number of aryl methyl sites for hydroxylation is 1. The zero-order valence-corrected chi connectivity index (χ0v) is 16.0. The van der Waals surface area contributed by atoms with Crippen LogP contribution >= 0.6 is 0 Å². The Labute approximate surface area is 167 Å².